The van der Waals surface area contributed by atoms with Crippen LogP contribution in [0.15, 0.2) is 35.4 Å². The Morgan fingerprint density at radius 3 is 2.43 bits per heavy atom. The molecule has 1 aliphatic carbocycles. The third kappa shape index (κ3) is 6.82. The van der Waals surface area contributed by atoms with Crippen molar-refractivity contribution in [2.45, 2.75) is 89.4 Å². The highest BCUT2D eigenvalue weighted by Crippen LogP contribution is 2.47. The second kappa shape index (κ2) is 13.2. The van der Waals surface area contributed by atoms with Gasteiger partial charge in [0.2, 0.25) is 27.6 Å². The number of sulfonamides is 1. The lowest BCUT2D eigenvalue weighted by Gasteiger charge is -2.32. The molecule has 1 spiro atoms. The van der Waals surface area contributed by atoms with Crippen molar-refractivity contribution in [1.82, 2.24) is 33.8 Å². The average molecular weight is 758 g/mol. The van der Waals surface area contributed by atoms with Crippen molar-refractivity contribution in [3.63, 3.8) is 0 Å². The first-order valence-electron chi connectivity index (χ1n) is 17.6. The Morgan fingerprint density at radius 2 is 1.77 bits per heavy atom. The fourth-order valence-electron chi connectivity index (χ4n) is 7.28. The van der Waals surface area contributed by atoms with Crippen molar-refractivity contribution >= 4 is 21.6 Å². The van der Waals surface area contributed by atoms with Gasteiger partial charge >= 0.3 is 12.1 Å². The first-order chi connectivity index (χ1) is 24.9. The number of aliphatic carboxylic acids is 1. The van der Waals surface area contributed by atoms with Crippen molar-refractivity contribution in [1.29, 1.82) is 0 Å². The van der Waals surface area contributed by atoms with Gasteiger partial charge in [-0.2, -0.15) is 22.5 Å². The second-order valence-electron chi connectivity index (χ2n) is 14.9. The van der Waals surface area contributed by atoms with E-state index in [1.807, 2.05) is 0 Å². The van der Waals surface area contributed by atoms with E-state index in [0.29, 0.717) is 59.0 Å². The minimum absolute atomic E-state index is 0.00139. The monoisotopic (exact) mass is 757 g/mol. The van der Waals surface area contributed by atoms with Crippen molar-refractivity contribution in [2.75, 3.05) is 32.8 Å². The largest absolute Gasteiger partial charge is 0.481 e. The lowest BCUT2D eigenvalue weighted by Crippen LogP contribution is -2.38. The van der Waals surface area contributed by atoms with Gasteiger partial charge in [-0.1, -0.05) is 6.07 Å². The highest BCUT2D eigenvalue weighted by molar-refractivity contribution is 7.89. The van der Waals surface area contributed by atoms with Crippen LogP contribution in [0.2, 0.25) is 0 Å². The van der Waals surface area contributed by atoms with Crippen molar-refractivity contribution < 1.29 is 41.0 Å². The molecule has 2 aliphatic heterocycles. The molecule has 13 nitrogen and oxygen atoms in total. The van der Waals surface area contributed by atoms with Gasteiger partial charge in [-0.05, 0) is 108 Å². The molecule has 4 aromatic heterocycles. The number of pyridine rings is 3. The number of rotatable bonds is 10. The Balaban J connectivity index is 1.24. The summed E-state index contributed by atoms with van der Waals surface area (Å²) in [5.41, 5.74) is 0.280. The highest BCUT2D eigenvalue weighted by atomic mass is 32.2. The zero-order valence-electron chi connectivity index (χ0n) is 30.2. The Morgan fingerprint density at radius 1 is 1.06 bits per heavy atom. The molecule has 0 unspecified atom stereocenters. The molecule has 284 valence electrons. The van der Waals surface area contributed by atoms with E-state index in [1.165, 1.54) is 36.5 Å². The number of nitrogens with zero attached hydrogens (tertiary/aromatic N) is 7. The number of hydrogen-bond donors (Lipinski definition) is 1. The lowest BCUT2D eigenvalue weighted by atomic mass is 9.72. The van der Waals surface area contributed by atoms with Gasteiger partial charge in [0.25, 0.3) is 0 Å². The Labute approximate surface area is 305 Å². The summed E-state index contributed by atoms with van der Waals surface area (Å²) in [5.74, 6) is -3.00. The number of aryl methyl sites for hydroxylation is 3. The maximum atomic E-state index is 14.4. The van der Waals surface area contributed by atoms with E-state index in [0.717, 1.165) is 36.9 Å². The summed E-state index contributed by atoms with van der Waals surface area (Å²) in [4.78, 5) is 24.5. The standard InChI is InChI=1S/C36H42F3N7O6S/c1-21-8-9-25(28(34(4,5)33(47)48)24-10-15-46-29(23(24)3)42-43-32(46)36(37,38)39)40-26(21)19-45-20-35(11-12-35)52-31-27(53(45,49)50)18-22(2)30(41-31)51-17-16-44-13-6-7-14-44/h8-10,15,18,28H,6-7,11-14,16-17,19-20H2,1-5H3,(H,47,48)/t28-/m1/s1. The van der Waals surface area contributed by atoms with Crippen LogP contribution in [0.3, 0.4) is 0 Å². The summed E-state index contributed by atoms with van der Waals surface area (Å²) in [5, 5.41) is 17.5. The topological polar surface area (TPSA) is 152 Å². The number of halogens is 3. The summed E-state index contributed by atoms with van der Waals surface area (Å²) in [6, 6.07) is 6.38. The molecule has 2 fully saturated rings. The van der Waals surface area contributed by atoms with Gasteiger partial charge in [0, 0.05) is 29.9 Å². The molecular formula is C36H42F3N7O6S. The summed E-state index contributed by atoms with van der Waals surface area (Å²) in [6.45, 7) is 11.3. The molecular weight excluding hydrogens is 716 g/mol. The number of hydrogen-bond acceptors (Lipinski definition) is 10. The molecule has 17 heteroatoms. The molecule has 1 saturated heterocycles. The van der Waals surface area contributed by atoms with E-state index in [1.54, 1.807) is 32.9 Å². The van der Waals surface area contributed by atoms with Gasteiger partial charge in [-0.25, -0.2) is 8.42 Å². The fraction of sp³-hybridized carbons (Fsp3) is 0.528. The van der Waals surface area contributed by atoms with Crippen LogP contribution in [0.4, 0.5) is 13.2 Å². The van der Waals surface area contributed by atoms with Gasteiger partial charge in [0.15, 0.2) is 5.65 Å². The number of fused-ring (bicyclic) bond motifs is 2. The van der Waals surface area contributed by atoms with Crippen molar-refractivity contribution in [2.24, 2.45) is 5.41 Å². The van der Waals surface area contributed by atoms with E-state index in [-0.39, 0.29) is 29.5 Å². The SMILES string of the molecule is Cc1ccc([C@@H](c2ccn3c(C(F)(F)F)nnc3c2C)C(C)(C)C(=O)O)nc1CN1CC2(CC2)Oc2nc(OCCN3CCCC3)c(C)cc2S1(=O)=O. The van der Waals surface area contributed by atoms with Crippen LogP contribution in [0.5, 0.6) is 11.8 Å². The van der Waals surface area contributed by atoms with Crippen LogP contribution in [0, 0.1) is 26.2 Å². The molecule has 4 aromatic rings. The number of carbonyl (C=O) groups is 1. The second-order valence-corrected chi connectivity index (χ2v) is 16.8. The van der Waals surface area contributed by atoms with Crippen LogP contribution >= 0.6 is 0 Å². The van der Waals surface area contributed by atoms with Crippen molar-refractivity contribution in [3.8, 4) is 11.8 Å². The molecule has 1 N–H and O–H groups in total. The van der Waals surface area contributed by atoms with Gasteiger partial charge in [0.05, 0.1) is 24.2 Å². The zero-order chi connectivity index (χ0) is 38.1. The van der Waals surface area contributed by atoms with E-state index in [2.05, 4.69) is 20.1 Å². The summed E-state index contributed by atoms with van der Waals surface area (Å²) in [6.07, 6.45) is 0.000698. The number of alkyl halides is 3. The van der Waals surface area contributed by atoms with Gasteiger partial charge < -0.3 is 14.6 Å². The predicted octanol–water partition coefficient (Wildman–Crippen LogP) is 5.30. The van der Waals surface area contributed by atoms with Gasteiger partial charge in [0.1, 0.15) is 17.1 Å². The number of carboxylic acids is 1. The molecule has 3 aliphatic rings. The normalized spacial score (nSPS) is 19.2. The van der Waals surface area contributed by atoms with E-state index >= 15 is 0 Å². The molecule has 0 amide bonds. The van der Waals surface area contributed by atoms with Crippen LogP contribution in [-0.2, 0) is 27.5 Å². The molecule has 1 atom stereocenters. The molecule has 0 aromatic carbocycles. The highest BCUT2D eigenvalue weighted by Gasteiger charge is 2.53. The first-order valence-corrected chi connectivity index (χ1v) is 19.0. The number of ether oxygens (including phenoxy) is 2. The summed E-state index contributed by atoms with van der Waals surface area (Å²) < 4.78 is 84.2. The minimum Gasteiger partial charge on any atom is -0.481 e. The Hall–Kier alpha value is -4.35. The third-order valence-corrected chi connectivity index (χ3v) is 12.5. The predicted molar refractivity (Wildman–Crippen MR) is 185 cm³/mol. The number of likely N-dealkylation sites (tertiary alicyclic amines) is 1. The number of aromatic nitrogens is 5. The Kier molecular flexibility index (Phi) is 9.21. The van der Waals surface area contributed by atoms with Crippen LogP contribution in [0.25, 0.3) is 5.65 Å². The van der Waals surface area contributed by atoms with Crippen LogP contribution in [0.1, 0.15) is 84.9 Å². The first kappa shape index (κ1) is 37.0. The van der Waals surface area contributed by atoms with Crippen LogP contribution in [-0.4, -0.2) is 91.7 Å². The molecule has 53 heavy (non-hydrogen) atoms. The van der Waals surface area contributed by atoms with Crippen molar-refractivity contribution in [3.05, 3.63) is 69.9 Å². The fourth-order valence-corrected chi connectivity index (χ4v) is 8.89. The third-order valence-electron chi connectivity index (χ3n) is 10.7. The van der Waals surface area contributed by atoms with Crippen LogP contribution < -0.4 is 9.47 Å². The van der Waals surface area contributed by atoms with E-state index in [4.69, 9.17) is 14.5 Å². The molecule has 0 radical (unpaired) electrons. The van der Waals surface area contributed by atoms with Gasteiger partial charge in [-0.3, -0.25) is 19.1 Å². The molecule has 1 saturated carbocycles. The maximum Gasteiger partial charge on any atom is 0.452 e. The number of carboxylic acid groups (broad SMARTS) is 1. The maximum absolute atomic E-state index is 14.4. The molecule has 7 rings (SSSR count). The Bertz CT molecular complexity index is 2200. The minimum atomic E-state index is -4.75. The molecule has 0 bridgehead atoms. The van der Waals surface area contributed by atoms with Gasteiger partial charge in [-0.15, -0.1) is 10.2 Å². The quantitative estimate of drug-likeness (QED) is 0.225. The average Bonchev–Trinajstić information content (AvgIpc) is 3.43. The lowest BCUT2D eigenvalue weighted by molar-refractivity contribution is -0.147. The van der Waals surface area contributed by atoms with E-state index in [9.17, 15) is 31.5 Å². The van der Waals surface area contributed by atoms with E-state index < -0.39 is 44.9 Å². The zero-order valence-corrected chi connectivity index (χ0v) is 31.0. The summed E-state index contributed by atoms with van der Waals surface area (Å²) in [7, 11) is -4.17. The smallest absolute Gasteiger partial charge is 0.452 e. The molecule has 6 heterocycles. The summed E-state index contributed by atoms with van der Waals surface area (Å²) >= 11 is 0.